The molecular formula is C11H13Cl3N2O. The first kappa shape index (κ1) is 14.4. The van der Waals surface area contributed by atoms with E-state index in [0.29, 0.717) is 33.8 Å². The fourth-order valence-electron chi connectivity index (χ4n) is 1.36. The van der Waals surface area contributed by atoms with Gasteiger partial charge in [-0.2, -0.15) is 0 Å². The van der Waals surface area contributed by atoms with Gasteiger partial charge in [0.15, 0.2) is 0 Å². The van der Waals surface area contributed by atoms with Gasteiger partial charge in [0.25, 0.3) is 0 Å². The van der Waals surface area contributed by atoms with E-state index in [4.69, 9.17) is 34.8 Å². The zero-order valence-electron chi connectivity index (χ0n) is 9.56. The van der Waals surface area contributed by atoms with Gasteiger partial charge in [-0.1, -0.05) is 34.8 Å². The molecule has 0 bridgehead atoms. The fourth-order valence-corrected chi connectivity index (χ4v) is 2.27. The minimum absolute atomic E-state index is 0.235. The molecule has 1 N–H and O–H groups in total. The average Bonchev–Trinajstić information content (AvgIpc) is 2.25. The molecule has 2 amide bonds. The number of benzene rings is 1. The van der Waals surface area contributed by atoms with Gasteiger partial charge in [-0.15, -0.1) is 0 Å². The Bertz CT molecular complexity index is 396. The maximum Gasteiger partial charge on any atom is 0.321 e. The summed E-state index contributed by atoms with van der Waals surface area (Å²) in [5, 5.41) is 3.75. The van der Waals surface area contributed by atoms with Crippen molar-refractivity contribution in [1.29, 1.82) is 0 Å². The van der Waals surface area contributed by atoms with Crippen LogP contribution < -0.4 is 5.32 Å². The minimum Gasteiger partial charge on any atom is -0.325 e. The van der Waals surface area contributed by atoms with E-state index in [1.807, 2.05) is 13.8 Å². The molecule has 0 spiro atoms. The summed E-state index contributed by atoms with van der Waals surface area (Å²) in [7, 11) is 0. The lowest BCUT2D eigenvalue weighted by Gasteiger charge is -2.20. The second-order valence-corrected chi connectivity index (χ2v) is 4.60. The molecule has 0 aliphatic rings. The summed E-state index contributed by atoms with van der Waals surface area (Å²) in [6.45, 7) is 5.03. The molecule has 0 aliphatic heterocycles. The van der Waals surface area contributed by atoms with Crippen LogP contribution in [0.4, 0.5) is 10.5 Å². The zero-order chi connectivity index (χ0) is 13.0. The van der Waals surface area contributed by atoms with Crippen LogP contribution in [-0.2, 0) is 0 Å². The Labute approximate surface area is 116 Å². The van der Waals surface area contributed by atoms with Gasteiger partial charge in [0, 0.05) is 18.1 Å². The summed E-state index contributed by atoms with van der Waals surface area (Å²) in [6, 6.07) is 2.83. The third-order valence-corrected chi connectivity index (χ3v) is 3.10. The number of carbonyl (C=O) groups excluding carboxylic acids is 1. The number of amides is 2. The molecule has 17 heavy (non-hydrogen) atoms. The number of urea groups is 1. The van der Waals surface area contributed by atoms with Crippen molar-refractivity contribution in [2.45, 2.75) is 13.8 Å². The Hall–Kier alpha value is -0.640. The van der Waals surface area contributed by atoms with E-state index in [0.717, 1.165) is 0 Å². The molecule has 0 fully saturated rings. The van der Waals surface area contributed by atoms with Crippen molar-refractivity contribution in [3.8, 4) is 0 Å². The molecule has 0 saturated carbocycles. The highest BCUT2D eigenvalue weighted by Gasteiger charge is 2.14. The Balaban J connectivity index is 2.92. The lowest BCUT2D eigenvalue weighted by molar-refractivity contribution is 0.217. The molecular weight excluding hydrogens is 282 g/mol. The van der Waals surface area contributed by atoms with Gasteiger partial charge in [-0.3, -0.25) is 0 Å². The lowest BCUT2D eigenvalue weighted by atomic mass is 10.3. The van der Waals surface area contributed by atoms with E-state index >= 15 is 0 Å². The third kappa shape index (κ3) is 3.66. The Morgan fingerprint density at radius 1 is 1.18 bits per heavy atom. The fraction of sp³-hybridized carbons (Fsp3) is 0.364. The summed E-state index contributed by atoms with van der Waals surface area (Å²) in [4.78, 5) is 13.5. The molecule has 3 nitrogen and oxygen atoms in total. The van der Waals surface area contributed by atoms with Crippen molar-refractivity contribution in [3.05, 3.63) is 27.2 Å². The number of rotatable bonds is 3. The molecule has 1 aromatic rings. The second kappa shape index (κ2) is 6.34. The normalized spacial score (nSPS) is 10.2. The third-order valence-electron chi connectivity index (χ3n) is 2.29. The van der Waals surface area contributed by atoms with Crippen molar-refractivity contribution in [2.24, 2.45) is 0 Å². The highest BCUT2D eigenvalue weighted by molar-refractivity contribution is 6.42. The van der Waals surface area contributed by atoms with Gasteiger partial charge in [-0.05, 0) is 26.0 Å². The predicted octanol–water partition coefficient (Wildman–Crippen LogP) is 4.52. The van der Waals surface area contributed by atoms with Crippen LogP contribution in [0.2, 0.25) is 15.1 Å². The number of anilines is 1. The molecule has 0 atom stereocenters. The van der Waals surface area contributed by atoms with E-state index in [1.165, 1.54) is 12.1 Å². The number of nitrogens with one attached hydrogen (secondary N) is 1. The predicted molar refractivity (Wildman–Crippen MR) is 73.4 cm³/mol. The minimum atomic E-state index is -0.235. The molecule has 6 heteroatoms. The van der Waals surface area contributed by atoms with Gasteiger partial charge in [-0.25, -0.2) is 4.79 Å². The summed E-state index contributed by atoms with van der Waals surface area (Å²) < 4.78 is 0. The van der Waals surface area contributed by atoms with Crippen LogP contribution >= 0.6 is 34.8 Å². The van der Waals surface area contributed by atoms with Gasteiger partial charge in [0.05, 0.1) is 15.7 Å². The maximum absolute atomic E-state index is 11.8. The zero-order valence-corrected chi connectivity index (χ0v) is 11.8. The highest BCUT2D eigenvalue weighted by Crippen LogP contribution is 2.33. The second-order valence-electron chi connectivity index (χ2n) is 3.35. The molecule has 94 valence electrons. The van der Waals surface area contributed by atoms with Gasteiger partial charge >= 0.3 is 6.03 Å². The summed E-state index contributed by atoms with van der Waals surface area (Å²) >= 11 is 17.7. The maximum atomic E-state index is 11.8. The topological polar surface area (TPSA) is 32.3 Å². The lowest BCUT2D eigenvalue weighted by Crippen LogP contribution is -2.34. The van der Waals surface area contributed by atoms with Gasteiger partial charge in [0.2, 0.25) is 0 Å². The van der Waals surface area contributed by atoms with Crippen molar-refractivity contribution < 1.29 is 4.79 Å². The molecule has 0 unspecified atom stereocenters. The Morgan fingerprint density at radius 3 is 2.06 bits per heavy atom. The standard InChI is InChI=1S/C11H13Cl3N2O/c1-3-16(4-2)11(17)15-10-8(13)5-7(12)6-9(10)14/h5-6H,3-4H2,1-2H3,(H,15,17). The first-order valence-corrected chi connectivity index (χ1v) is 6.33. The van der Waals surface area contributed by atoms with Crippen LogP contribution in [-0.4, -0.2) is 24.0 Å². The molecule has 0 saturated heterocycles. The number of hydrogen-bond acceptors (Lipinski definition) is 1. The smallest absolute Gasteiger partial charge is 0.321 e. The molecule has 1 aromatic carbocycles. The van der Waals surface area contributed by atoms with Gasteiger partial charge in [0.1, 0.15) is 0 Å². The van der Waals surface area contributed by atoms with E-state index in [-0.39, 0.29) is 6.03 Å². The van der Waals surface area contributed by atoms with E-state index in [9.17, 15) is 4.79 Å². The van der Waals surface area contributed by atoms with Crippen LogP contribution in [0.5, 0.6) is 0 Å². The SMILES string of the molecule is CCN(CC)C(=O)Nc1c(Cl)cc(Cl)cc1Cl. The van der Waals surface area contributed by atoms with Crippen molar-refractivity contribution in [2.75, 3.05) is 18.4 Å². The molecule has 0 aromatic heterocycles. The van der Waals surface area contributed by atoms with Crippen LogP contribution in [0.3, 0.4) is 0 Å². The average molecular weight is 296 g/mol. The Morgan fingerprint density at radius 2 is 1.65 bits per heavy atom. The number of halogens is 3. The monoisotopic (exact) mass is 294 g/mol. The molecule has 0 aliphatic carbocycles. The van der Waals surface area contributed by atoms with Crippen molar-refractivity contribution in [1.82, 2.24) is 4.90 Å². The molecule has 0 heterocycles. The summed E-state index contributed by atoms with van der Waals surface area (Å²) in [5.74, 6) is 0. The number of hydrogen-bond donors (Lipinski definition) is 1. The van der Waals surface area contributed by atoms with E-state index in [1.54, 1.807) is 4.90 Å². The molecule has 0 radical (unpaired) electrons. The molecule has 1 rings (SSSR count). The first-order valence-electron chi connectivity index (χ1n) is 5.20. The first-order chi connectivity index (χ1) is 7.99. The van der Waals surface area contributed by atoms with Crippen LogP contribution in [0.1, 0.15) is 13.8 Å². The van der Waals surface area contributed by atoms with Crippen LogP contribution in [0, 0.1) is 0 Å². The number of nitrogens with zero attached hydrogens (tertiary/aromatic N) is 1. The van der Waals surface area contributed by atoms with Gasteiger partial charge < -0.3 is 10.2 Å². The largest absolute Gasteiger partial charge is 0.325 e. The Kier molecular flexibility index (Phi) is 5.37. The van der Waals surface area contributed by atoms with Crippen LogP contribution in [0.15, 0.2) is 12.1 Å². The van der Waals surface area contributed by atoms with Crippen molar-refractivity contribution >= 4 is 46.5 Å². The quantitative estimate of drug-likeness (QED) is 0.873. The summed E-state index contributed by atoms with van der Waals surface area (Å²) in [6.07, 6.45) is 0. The number of carbonyl (C=O) groups is 1. The highest BCUT2D eigenvalue weighted by atomic mass is 35.5. The summed E-state index contributed by atoms with van der Waals surface area (Å²) in [5.41, 5.74) is 0.384. The van der Waals surface area contributed by atoms with Crippen LogP contribution in [0.25, 0.3) is 0 Å². The van der Waals surface area contributed by atoms with E-state index in [2.05, 4.69) is 5.32 Å². The van der Waals surface area contributed by atoms with E-state index < -0.39 is 0 Å². The van der Waals surface area contributed by atoms with Crippen molar-refractivity contribution in [3.63, 3.8) is 0 Å².